The highest BCUT2D eigenvalue weighted by Gasteiger charge is 2.11. The maximum atomic E-state index is 5.35. The highest BCUT2D eigenvalue weighted by Crippen LogP contribution is 2.17. The molecule has 2 heteroatoms. The van der Waals surface area contributed by atoms with Gasteiger partial charge in [0.15, 0.2) is 0 Å². The zero-order valence-electron chi connectivity index (χ0n) is 11.0. The van der Waals surface area contributed by atoms with Gasteiger partial charge in [0.2, 0.25) is 0 Å². The molecule has 0 amide bonds. The Morgan fingerprint density at radius 1 is 1.00 bits per heavy atom. The summed E-state index contributed by atoms with van der Waals surface area (Å²) in [6.45, 7) is 4.79. The third kappa shape index (κ3) is 2.96. The van der Waals surface area contributed by atoms with Gasteiger partial charge in [0.05, 0.1) is 13.2 Å². The molecule has 0 radical (unpaired) electrons. The van der Waals surface area contributed by atoms with Crippen LogP contribution < -0.4 is 4.90 Å². The number of hydrogen-bond acceptors (Lipinski definition) is 1. The summed E-state index contributed by atoms with van der Waals surface area (Å²) in [4.78, 5) is 1.53. The molecule has 0 aromatic heterocycles. The van der Waals surface area contributed by atoms with Gasteiger partial charge < -0.3 is 9.64 Å². The fourth-order valence-electron chi connectivity index (χ4n) is 2.44. The first-order valence-corrected chi connectivity index (χ1v) is 6.81. The summed E-state index contributed by atoms with van der Waals surface area (Å²) in [5.74, 6) is 6.64. The summed E-state index contributed by atoms with van der Waals surface area (Å²) < 4.78 is 5.35. The molecule has 1 N–H and O–H groups in total. The van der Waals surface area contributed by atoms with E-state index in [-0.39, 0.29) is 0 Å². The Morgan fingerprint density at radius 3 is 2.68 bits per heavy atom. The Bertz CT molecular complexity index is 612. The van der Waals surface area contributed by atoms with Crippen LogP contribution in [0.2, 0.25) is 0 Å². The van der Waals surface area contributed by atoms with Crippen LogP contribution in [-0.4, -0.2) is 32.8 Å². The maximum absolute atomic E-state index is 5.35. The number of hydrogen-bond donors (Lipinski definition) is 1. The summed E-state index contributed by atoms with van der Waals surface area (Å²) in [6.07, 6.45) is 0. The van der Waals surface area contributed by atoms with E-state index in [4.69, 9.17) is 4.74 Å². The van der Waals surface area contributed by atoms with Gasteiger partial charge in [-0.25, -0.2) is 0 Å². The molecule has 1 heterocycles. The SMILES string of the molecule is C(#Cc1cccc2ccccc12)C[NH+]1CCOCC1. The average Bonchev–Trinajstić information content (AvgIpc) is 2.49. The van der Waals surface area contributed by atoms with E-state index >= 15 is 0 Å². The molecule has 0 aliphatic carbocycles. The minimum atomic E-state index is 0.866. The van der Waals surface area contributed by atoms with Crippen molar-refractivity contribution in [1.29, 1.82) is 0 Å². The number of rotatable bonds is 1. The molecule has 1 saturated heterocycles. The number of fused-ring (bicyclic) bond motifs is 1. The van der Waals surface area contributed by atoms with E-state index in [9.17, 15) is 0 Å². The van der Waals surface area contributed by atoms with Crippen molar-refractivity contribution in [2.24, 2.45) is 0 Å². The second-order valence-corrected chi connectivity index (χ2v) is 4.87. The molecule has 1 fully saturated rings. The molecule has 96 valence electrons. The van der Waals surface area contributed by atoms with Crippen LogP contribution in [-0.2, 0) is 4.74 Å². The molecule has 0 atom stereocenters. The lowest BCUT2D eigenvalue weighted by atomic mass is 10.1. The standard InChI is InChI=1S/C17H17NO/c1-2-9-17-15(5-1)6-3-7-16(17)8-4-10-18-11-13-19-14-12-18/h1-3,5-7,9H,10-14H2/p+1. The van der Waals surface area contributed by atoms with E-state index in [1.54, 1.807) is 0 Å². The summed E-state index contributed by atoms with van der Waals surface area (Å²) in [5, 5.41) is 2.50. The summed E-state index contributed by atoms with van der Waals surface area (Å²) >= 11 is 0. The van der Waals surface area contributed by atoms with Gasteiger partial charge in [0.1, 0.15) is 19.6 Å². The van der Waals surface area contributed by atoms with E-state index in [0.29, 0.717) is 0 Å². The fraction of sp³-hybridized carbons (Fsp3) is 0.294. The van der Waals surface area contributed by atoms with Crippen LogP contribution in [0.25, 0.3) is 10.8 Å². The number of ether oxygens (including phenoxy) is 1. The maximum Gasteiger partial charge on any atom is 0.139 e. The zero-order valence-corrected chi connectivity index (χ0v) is 11.0. The first-order chi connectivity index (χ1) is 9.43. The molecule has 0 spiro atoms. The molecule has 19 heavy (non-hydrogen) atoms. The minimum Gasteiger partial charge on any atom is -0.370 e. The van der Waals surface area contributed by atoms with Crippen LogP contribution in [0.4, 0.5) is 0 Å². The van der Waals surface area contributed by atoms with Gasteiger partial charge in [-0.15, -0.1) is 0 Å². The third-order valence-corrected chi connectivity index (χ3v) is 3.55. The highest BCUT2D eigenvalue weighted by molar-refractivity contribution is 5.88. The molecule has 2 aromatic carbocycles. The Hall–Kier alpha value is -1.82. The van der Waals surface area contributed by atoms with E-state index in [2.05, 4.69) is 54.3 Å². The molecule has 2 aromatic rings. The molecule has 3 rings (SSSR count). The normalized spacial score (nSPS) is 16.0. The topological polar surface area (TPSA) is 13.7 Å². The first kappa shape index (κ1) is 12.2. The Labute approximate surface area is 114 Å². The minimum absolute atomic E-state index is 0.866. The first-order valence-electron chi connectivity index (χ1n) is 6.81. The number of quaternary nitrogens is 1. The highest BCUT2D eigenvalue weighted by atomic mass is 16.5. The predicted molar refractivity (Wildman–Crippen MR) is 77.2 cm³/mol. The quantitative estimate of drug-likeness (QED) is 0.751. The van der Waals surface area contributed by atoms with Gasteiger partial charge in [0.25, 0.3) is 0 Å². The largest absolute Gasteiger partial charge is 0.370 e. The molecule has 0 bridgehead atoms. The van der Waals surface area contributed by atoms with Crippen LogP contribution in [0.1, 0.15) is 5.56 Å². The van der Waals surface area contributed by atoms with Gasteiger partial charge in [-0.05, 0) is 22.8 Å². The zero-order chi connectivity index (χ0) is 12.9. The second-order valence-electron chi connectivity index (χ2n) is 4.87. The van der Waals surface area contributed by atoms with E-state index < -0.39 is 0 Å². The second kappa shape index (κ2) is 5.88. The molecular formula is C17H18NO+. The van der Waals surface area contributed by atoms with E-state index in [1.807, 2.05) is 0 Å². The van der Waals surface area contributed by atoms with Gasteiger partial charge in [-0.1, -0.05) is 42.3 Å². The lowest BCUT2D eigenvalue weighted by Gasteiger charge is -2.21. The number of benzene rings is 2. The van der Waals surface area contributed by atoms with Crippen molar-refractivity contribution < 1.29 is 9.64 Å². The van der Waals surface area contributed by atoms with Crippen molar-refractivity contribution in [1.82, 2.24) is 0 Å². The van der Waals surface area contributed by atoms with Crippen molar-refractivity contribution >= 4 is 10.8 Å². The summed E-state index contributed by atoms with van der Waals surface area (Å²) in [7, 11) is 0. The van der Waals surface area contributed by atoms with Crippen molar-refractivity contribution in [2.75, 3.05) is 32.8 Å². The van der Waals surface area contributed by atoms with Crippen LogP contribution in [0.15, 0.2) is 42.5 Å². The summed E-state index contributed by atoms with van der Waals surface area (Å²) in [5.41, 5.74) is 1.13. The summed E-state index contributed by atoms with van der Waals surface area (Å²) in [6, 6.07) is 14.7. The Kier molecular flexibility index (Phi) is 3.78. The molecule has 1 aliphatic rings. The van der Waals surface area contributed by atoms with E-state index in [0.717, 1.165) is 38.4 Å². The monoisotopic (exact) mass is 252 g/mol. The number of morpholine rings is 1. The van der Waals surface area contributed by atoms with Crippen molar-refractivity contribution in [2.45, 2.75) is 0 Å². The molecular weight excluding hydrogens is 234 g/mol. The third-order valence-electron chi connectivity index (χ3n) is 3.55. The van der Waals surface area contributed by atoms with Gasteiger partial charge in [0, 0.05) is 5.56 Å². The van der Waals surface area contributed by atoms with Gasteiger partial charge >= 0.3 is 0 Å². The van der Waals surface area contributed by atoms with Crippen molar-refractivity contribution in [3.8, 4) is 11.8 Å². The molecule has 0 unspecified atom stereocenters. The number of nitrogens with one attached hydrogen (secondary N) is 1. The molecule has 1 aliphatic heterocycles. The van der Waals surface area contributed by atoms with Crippen molar-refractivity contribution in [3.05, 3.63) is 48.0 Å². The Balaban J connectivity index is 1.78. The van der Waals surface area contributed by atoms with Gasteiger partial charge in [-0.2, -0.15) is 0 Å². The van der Waals surface area contributed by atoms with E-state index in [1.165, 1.54) is 15.7 Å². The van der Waals surface area contributed by atoms with Crippen LogP contribution >= 0.6 is 0 Å². The molecule has 0 saturated carbocycles. The smallest absolute Gasteiger partial charge is 0.139 e. The van der Waals surface area contributed by atoms with Crippen LogP contribution in [0.3, 0.4) is 0 Å². The lowest BCUT2D eigenvalue weighted by molar-refractivity contribution is -0.900. The lowest BCUT2D eigenvalue weighted by Crippen LogP contribution is -3.14. The van der Waals surface area contributed by atoms with Crippen LogP contribution in [0.5, 0.6) is 0 Å². The van der Waals surface area contributed by atoms with Crippen molar-refractivity contribution in [3.63, 3.8) is 0 Å². The van der Waals surface area contributed by atoms with Crippen LogP contribution in [0, 0.1) is 11.8 Å². The Morgan fingerprint density at radius 2 is 1.79 bits per heavy atom. The van der Waals surface area contributed by atoms with Gasteiger partial charge in [-0.3, -0.25) is 0 Å². The fourth-order valence-corrected chi connectivity index (χ4v) is 2.44. The average molecular weight is 252 g/mol. The molecule has 2 nitrogen and oxygen atoms in total. The predicted octanol–water partition coefficient (Wildman–Crippen LogP) is 1.11.